The molecule has 1 rings (SSSR count). The summed E-state index contributed by atoms with van der Waals surface area (Å²) in [6.45, 7) is 6.92. The van der Waals surface area contributed by atoms with Crippen molar-refractivity contribution in [2.75, 3.05) is 6.54 Å². The summed E-state index contributed by atoms with van der Waals surface area (Å²) >= 11 is 3.40. The Bertz CT molecular complexity index is 363. The van der Waals surface area contributed by atoms with Crippen molar-refractivity contribution in [1.29, 1.82) is 0 Å². The first-order valence-corrected chi connectivity index (χ1v) is 5.97. The molecule has 0 aliphatic heterocycles. The number of hydrogen-bond donors (Lipinski definition) is 2. The van der Waals surface area contributed by atoms with Gasteiger partial charge in [-0.2, -0.15) is 0 Å². The van der Waals surface area contributed by atoms with Crippen molar-refractivity contribution in [3.63, 3.8) is 0 Å². The van der Waals surface area contributed by atoms with E-state index in [0.29, 0.717) is 18.2 Å². The number of phenols is 1. The van der Waals surface area contributed by atoms with Gasteiger partial charge in [0.2, 0.25) is 0 Å². The predicted molar refractivity (Wildman–Crippen MR) is 67.4 cm³/mol. The lowest BCUT2D eigenvalue weighted by Gasteiger charge is -2.18. The summed E-state index contributed by atoms with van der Waals surface area (Å²) in [6.07, 6.45) is 0.971. The summed E-state index contributed by atoms with van der Waals surface area (Å²) in [5.74, 6) is 0.751. The lowest BCUT2D eigenvalue weighted by molar-refractivity contribution is 0.470. The zero-order valence-corrected chi connectivity index (χ0v) is 11.1. The van der Waals surface area contributed by atoms with Crippen molar-refractivity contribution in [1.82, 2.24) is 0 Å². The van der Waals surface area contributed by atoms with Gasteiger partial charge in [-0.25, -0.2) is 0 Å². The molecule has 15 heavy (non-hydrogen) atoms. The van der Waals surface area contributed by atoms with E-state index in [1.807, 2.05) is 13.8 Å². The largest absolute Gasteiger partial charge is 0.507 e. The number of hydrogen-bond acceptors (Lipinski definition) is 2. The molecule has 0 radical (unpaired) electrons. The highest BCUT2D eigenvalue weighted by Gasteiger charge is 2.15. The standard InChI is InChI=1S/C12H18BrNO/c1-7(4-5-14)11-8(2)6-10(15)12(13)9(11)3/h6-7,15H,4-5,14H2,1-3H3. The van der Waals surface area contributed by atoms with Crippen LogP contribution in [0.4, 0.5) is 0 Å². The molecular formula is C12H18BrNO. The molecule has 3 heteroatoms. The van der Waals surface area contributed by atoms with Crippen LogP contribution in [0.25, 0.3) is 0 Å². The van der Waals surface area contributed by atoms with Crippen LogP contribution in [0, 0.1) is 13.8 Å². The summed E-state index contributed by atoms with van der Waals surface area (Å²) in [5, 5.41) is 9.65. The van der Waals surface area contributed by atoms with Crippen LogP contribution in [0.1, 0.15) is 36.0 Å². The number of aromatic hydroxyl groups is 1. The third-order valence-electron chi connectivity index (χ3n) is 2.83. The second-order valence-electron chi connectivity index (χ2n) is 4.04. The van der Waals surface area contributed by atoms with Crippen LogP contribution in [0.3, 0.4) is 0 Å². The molecule has 0 saturated carbocycles. The van der Waals surface area contributed by atoms with Gasteiger partial charge < -0.3 is 10.8 Å². The third-order valence-corrected chi connectivity index (χ3v) is 3.83. The van der Waals surface area contributed by atoms with Gasteiger partial charge in [-0.15, -0.1) is 0 Å². The van der Waals surface area contributed by atoms with Crippen LogP contribution in [0.15, 0.2) is 10.5 Å². The fourth-order valence-corrected chi connectivity index (χ4v) is 2.43. The van der Waals surface area contributed by atoms with Gasteiger partial charge in [-0.1, -0.05) is 6.92 Å². The van der Waals surface area contributed by atoms with Gasteiger partial charge in [0.15, 0.2) is 0 Å². The van der Waals surface area contributed by atoms with Crippen LogP contribution >= 0.6 is 15.9 Å². The number of phenolic OH excluding ortho intramolecular Hbond substituents is 1. The van der Waals surface area contributed by atoms with E-state index < -0.39 is 0 Å². The molecule has 0 aliphatic carbocycles. The SMILES string of the molecule is Cc1cc(O)c(Br)c(C)c1C(C)CCN. The van der Waals surface area contributed by atoms with E-state index in [0.717, 1.165) is 22.0 Å². The first-order valence-electron chi connectivity index (χ1n) is 5.17. The van der Waals surface area contributed by atoms with Gasteiger partial charge in [-0.3, -0.25) is 0 Å². The molecular weight excluding hydrogens is 254 g/mol. The van der Waals surface area contributed by atoms with Gasteiger partial charge in [0, 0.05) is 0 Å². The lowest BCUT2D eigenvalue weighted by atomic mass is 9.89. The third kappa shape index (κ3) is 2.52. The van der Waals surface area contributed by atoms with Crippen LogP contribution < -0.4 is 5.73 Å². The minimum absolute atomic E-state index is 0.314. The van der Waals surface area contributed by atoms with E-state index >= 15 is 0 Å². The Hall–Kier alpha value is -0.540. The highest BCUT2D eigenvalue weighted by Crippen LogP contribution is 2.36. The summed E-state index contributed by atoms with van der Waals surface area (Å²) in [4.78, 5) is 0. The summed E-state index contributed by atoms with van der Waals surface area (Å²) < 4.78 is 0.798. The molecule has 3 N–H and O–H groups in total. The van der Waals surface area contributed by atoms with E-state index in [4.69, 9.17) is 5.73 Å². The number of halogens is 1. The second-order valence-corrected chi connectivity index (χ2v) is 4.84. The zero-order valence-electron chi connectivity index (χ0n) is 9.47. The molecule has 1 aromatic rings. The molecule has 2 nitrogen and oxygen atoms in total. The molecule has 0 heterocycles. The molecule has 0 aromatic heterocycles. The van der Waals surface area contributed by atoms with Crippen LogP contribution in [-0.2, 0) is 0 Å². The first-order chi connectivity index (χ1) is 6.99. The first kappa shape index (κ1) is 12.5. The van der Waals surface area contributed by atoms with Gasteiger partial charge in [0.25, 0.3) is 0 Å². The van der Waals surface area contributed by atoms with Crippen LogP contribution in [0.5, 0.6) is 5.75 Å². The Morgan fingerprint density at radius 1 is 1.47 bits per heavy atom. The normalized spacial score (nSPS) is 12.9. The molecule has 0 saturated heterocycles. The van der Waals surface area contributed by atoms with Crippen LogP contribution in [0.2, 0.25) is 0 Å². The molecule has 1 unspecified atom stereocenters. The highest BCUT2D eigenvalue weighted by molar-refractivity contribution is 9.10. The fraction of sp³-hybridized carbons (Fsp3) is 0.500. The Labute approximate surface area is 99.6 Å². The average Bonchev–Trinajstić information content (AvgIpc) is 2.15. The topological polar surface area (TPSA) is 46.2 Å². The zero-order chi connectivity index (χ0) is 11.6. The molecule has 0 bridgehead atoms. The quantitative estimate of drug-likeness (QED) is 0.887. The van der Waals surface area contributed by atoms with E-state index in [1.165, 1.54) is 5.56 Å². The smallest absolute Gasteiger partial charge is 0.130 e. The van der Waals surface area contributed by atoms with Crippen molar-refractivity contribution < 1.29 is 5.11 Å². The average molecular weight is 272 g/mol. The molecule has 0 fully saturated rings. The monoisotopic (exact) mass is 271 g/mol. The Morgan fingerprint density at radius 3 is 2.60 bits per heavy atom. The molecule has 0 spiro atoms. The molecule has 0 aliphatic rings. The Balaban J connectivity index is 3.23. The summed E-state index contributed by atoms with van der Waals surface area (Å²) in [7, 11) is 0. The van der Waals surface area contributed by atoms with Gasteiger partial charge in [-0.05, 0) is 71.4 Å². The Morgan fingerprint density at radius 2 is 2.07 bits per heavy atom. The molecule has 84 valence electrons. The maximum atomic E-state index is 9.65. The minimum Gasteiger partial charge on any atom is -0.507 e. The number of aryl methyl sites for hydroxylation is 1. The van der Waals surface area contributed by atoms with E-state index in [9.17, 15) is 5.11 Å². The van der Waals surface area contributed by atoms with Crippen molar-refractivity contribution in [3.05, 3.63) is 27.2 Å². The highest BCUT2D eigenvalue weighted by atomic mass is 79.9. The van der Waals surface area contributed by atoms with Gasteiger partial charge in [0.1, 0.15) is 5.75 Å². The van der Waals surface area contributed by atoms with Crippen molar-refractivity contribution in [2.45, 2.75) is 33.1 Å². The number of nitrogens with two attached hydrogens (primary N) is 1. The number of benzene rings is 1. The Kier molecular flexibility index (Phi) is 4.17. The van der Waals surface area contributed by atoms with Gasteiger partial charge >= 0.3 is 0 Å². The van der Waals surface area contributed by atoms with Gasteiger partial charge in [0.05, 0.1) is 4.47 Å². The van der Waals surface area contributed by atoms with E-state index in [-0.39, 0.29) is 0 Å². The predicted octanol–water partition coefficient (Wildman–Crippen LogP) is 3.22. The minimum atomic E-state index is 0.314. The van der Waals surface area contributed by atoms with E-state index in [2.05, 4.69) is 22.9 Å². The van der Waals surface area contributed by atoms with E-state index in [1.54, 1.807) is 6.07 Å². The maximum absolute atomic E-state index is 9.65. The summed E-state index contributed by atoms with van der Waals surface area (Å²) in [6, 6.07) is 1.80. The number of rotatable bonds is 3. The lowest BCUT2D eigenvalue weighted by Crippen LogP contribution is -2.07. The summed E-state index contributed by atoms with van der Waals surface area (Å²) in [5.41, 5.74) is 9.12. The van der Waals surface area contributed by atoms with Crippen molar-refractivity contribution >= 4 is 15.9 Å². The molecule has 1 atom stereocenters. The fourth-order valence-electron chi connectivity index (χ4n) is 2.10. The second kappa shape index (κ2) is 4.99. The van der Waals surface area contributed by atoms with Crippen molar-refractivity contribution in [3.8, 4) is 5.75 Å². The molecule has 0 amide bonds. The maximum Gasteiger partial charge on any atom is 0.130 e. The van der Waals surface area contributed by atoms with Crippen LogP contribution in [-0.4, -0.2) is 11.7 Å². The van der Waals surface area contributed by atoms with Crippen molar-refractivity contribution in [2.24, 2.45) is 5.73 Å². The molecule has 1 aromatic carbocycles.